The van der Waals surface area contributed by atoms with Gasteiger partial charge in [-0.2, -0.15) is 0 Å². The van der Waals surface area contributed by atoms with E-state index in [1.165, 1.54) is 13.8 Å². The Morgan fingerprint density at radius 3 is 1.54 bits per heavy atom. The molecule has 0 bridgehead atoms. The van der Waals surface area contributed by atoms with Crippen molar-refractivity contribution in [2.75, 3.05) is 33.0 Å². The van der Waals surface area contributed by atoms with Crippen molar-refractivity contribution < 1.29 is 32.3 Å². The largest absolute Gasteiger partial charge is 0.537 e. The zero-order valence-electron chi connectivity index (χ0n) is 17.6. The first-order valence-corrected chi connectivity index (χ1v) is 11.2. The van der Waals surface area contributed by atoms with Crippen LogP contribution >= 0.6 is 0 Å². The highest BCUT2D eigenvalue weighted by molar-refractivity contribution is 6.75. The number of ether oxygens (including phenoxy) is 2. The molecule has 0 saturated heterocycles. The highest BCUT2D eigenvalue weighted by Crippen LogP contribution is 2.10. The Bertz CT molecular complexity index is 507. The zero-order chi connectivity index (χ0) is 21.3. The summed E-state index contributed by atoms with van der Waals surface area (Å²) in [6.07, 6.45) is 4.92. The van der Waals surface area contributed by atoms with Crippen molar-refractivity contribution in [2.45, 2.75) is 47.5 Å². The number of hydrogen-bond acceptors (Lipinski definition) is 8. The molecule has 0 atom stereocenters. The molecule has 0 aliphatic rings. The van der Waals surface area contributed by atoms with E-state index in [1.54, 1.807) is 12.4 Å². The van der Waals surface area contributed by atoms with Gasteiger partial charge >= 0.3 is 20.7 Å². The number of carbonyl (C=O) groups excluding carboxylic acids is 2. The van der Waals surface area contributed by atoms with Crippen LogP contribution < -0.4 is 5.19 Å². The van der Waals surface area contributed by atoms with Gasteiger partial charge in [0.25, 0.3) is 0 Å². The molecule has 1 rings (SSSR count). The lowest BCUT2D eigenvalue weighted by Crippen LogP contribution is -2.56. The summed E-state index contributed by atoms with van der Waals surface area (Å²) in [5.41, 5.74) is 0. The lowest BCUT2D eigenvalue weighted by atomic mass is 10.3. The van der Waals surface area contributed by atoms with Gasteiger partial charge in [-0.3, -0.25) is 14.6 Å². The van der Waals surface area contributed by atoms with Gasteiger partial charge in [0.2, 0.25) is 0 Å². The molecule has 160 valence electrons. The Morgan fingerprint density at radius 1 is 0.821 bits per heavy atom. The Morgan fingerprint density at radius 2 is 1.21 bits per heavy atom. The summed E-state index contributed by atoms with van der Waals surface area (Å²) in [4.78, 5) is 24.5. The fraction of sp³-hybridized carbons (Fsp3) is 0.632. The van der Waals surface area contributed by atoms with Crippen LogP contribution in [-0.4, -0.2) is 58.8 Å². The van der Waals surface area contributed by atoms with Gasteiger partial charge in [-0.25, -0.2) is 0 Å². The minimum Gasteiger partial charge on any atom is -0.466 e. The van der Waals surface area contributed by atoms with Gasteiger partial charge in [0, 0.05) is 51.2 Å². The standard InChI is InChI=1S/C11H19NO3Si.C8H14O4/c1-4-13-16(14-5-2,15-6-3)11-7-9-12-10-8-11;1-7(9)11-5-3-4-6-12-8(2)10/h7-10H,4-6H2,1-3H3;3-6H2,1-2H3. The van der Waals surface area contributed by atoms with Crippen LogP contribution in [0.25, 0.3) is 0 Å². The first-order valence-electron chi connectivity index (χ1n) is 9.50. The number of aromatic nitrogens is 1. The summed E-state index contributed by atoms with van der Waals surface area (Å²) in [7, 11) is -2.71. The number of carbonyl (C=O) groups is 2. The summed E-state index contributed by atoms with van der Waals surface area (Å²) in [6, 6.07) is 3.79. The fourth-order valence-corrected chi connectivity index (χ4v) is 4.58. The van der Waals surface area contributed by atoms with E-state index in [4.69, 9.17) is 13.3 Å². The topological polar surface area (TPSA) is 93.2 Å². The SMILES string of the molecule is CC(=O)OCCCCOC(C)=O.CCO[Si](OCC)(OCC)c1ccncc1. The van der Waals surface area contributed by atoms with Crippen molar-refractivity contribution in [3.8, 4) is 0 Å². The molecule has 0 amide bonds. The number of pyridine rings is 1. The normalized spacial score (nSPS) is 10.6. The van der Waals surface area contributed by atoms with E-state index >= 15 is 0 Å². The third kappa shape index (κ3) is 11.8. The summed E-state index contributed by atoms with van der Waals surface area (Å²) in [6.45, 7) is 11.1. The summed E-state index contributed by atoms with van der Waals surface area (Å²) >= 11 is 0. The average molecular weight is 416 g/mol. The molecule has 0 aliphatic carbocycles. The van der Waals surface area contributed by atoms with Crippen LogP contribution in [0.3, 0.4) is 0 Å². The van der Waals surface area contributed by atoms with Crippen molar-refractivity contribution in [3.63, 3.8) is 0 Å². The van der Waals surface area contributed by atoms with Gasteiger partial charge in [0.1, 0.15) is 0 Å². The van der Waals surface area contributed by atoms with Crippen molar-refractivity contribution in [3.05, 3.63) is 24.5 Å². The molecule has 8 nitrogen and oxygen atoms in total. The molecule has 0 aromatic carbocycles. The van der Waals surface area contributed by atoms with Crippen molar-refractivity contribution >= 4 is 25.9 Å². The van der Waals surface area contributed by atoms with E-state index in [2.05, 4.69) is 14.5 Å². The third-order valence-corrected chi connectivity index (χ3v) is 6.23. The molecular formula is C19H33NO7Si. The molecule has 0 unspecified atom stereocenters. The molecule has 1 aromatic heterocycles. The number of nitrogens with zero attached hydrogens (tertiary/aromatic N) is 1. The van der Waals surface area contributed by atoms with Crippen LogP contribution in [0.15, 0.2) is 24.5 Å². The first kappa shape index (κ1) is 26.2. The van der Waals surface area contributed by atoms with E-state index in [0.717, 1.165) is 18.0 Å². The Hall–Kier alpha value is -1.81. The highest BCUT2D eigenvalue weighted by Gasteiger charge is 2.43. The molecule has 9 heteroatoms. The van der Waals surface area contributed by atoms with Crippen LogP contribution in [-0.2, 0) is 32.3 Å². The minimum atomic E-state index is -2.71. The smallest absolute Gasteiger partial charge is 0.466 e. The maximum absolute atomic E-state index is 10.3. The maximum atomic E-state index is 10.3. The lowest BCUT2D eigenvalue weighted by molar-refractivity contribution is -0.143. The number of hydrogen-bond donors (Lipinski definition) is 0. The van der Waals surface area contributed by atoms with Crippen LogP contribution in [0.5, 0.6) is 0 Å². The molecule has 0 fully saturated rings. The molecule has 1 aromatic rings. The Balaban J connectivity index is 0.000000546. The van der Waals surface area contributed by atoms with E-state index in [1.807, 2.05) is 32.9 Å². The van der Waals surface area contributed by atoms with Crippen molar-refractivity contribution in [1.29, 1.82) is 0 Å². The van der Waals surface area contributed by atoms with Crippen LogP contribution in [0, 0.1) is 0 Å². The Labute approximate surface area is 168 Å². The number of rotatable bonds is 12. The van der Waals surface area contributed by atoms with Gasteiger partial charge in [-0.05, 0) is 45.7 Å². The number of unbranched alkanes of at least 4 members (excludes halogenated alkanes) is 1. The molecule has 0 aliphatic heterocycles. The predicted octanol–water partition coefficient (Wildman–Crippen LogP) is 2.23. The van der Waals surface area contributed by atoms with Gasteiger partial charge in [-0.15, -0.1) is 0 Å². The van der Waals surface area contributed by atoms with Gasteiger partial charge in [-0.1, -0.05) is 0 Å². The van der Waals surface area contributed by atoms with E-state index in [-0.39, 0.29) is 11.9 Å². The quantitative estimate of drug-likeness (QED) is 0.291. The van der Waals surface area contributed by atoms with Crippen molar-refractivity contribution in [2.24, 2.45) is 0 Å². The molecule has 0 radical (unpaired) electrons. The monoisotopic (exact) mass is 415 g/mol. The summed E-state index contributed by atoms with van der Waals surface area (Å²) < 4.78 is 26.6. The minimum absolute atomic E-state index is 0.275. The molecule has 28 heavy (non-hydrogen) atoms. The second kappa shape index (κ2) is 16.2. The van der Waals surface area contributed by atoms with Crippen LogP contribution in [0.2, 0.25) is 0 Å². The van der Waals surface area contributed by atoms with E-state index < -0.39 is 8.80 Å². The second-order valence-corrected chi connectivity index (χ2v) is 8.03. The highest BCUT2D eigenvalue weighted by atomic mass is 28.4. The molecule has 0 saturated carbocycles. The lowest BCUT2D eigenvalue weighted by Gasteiger charge is -2.28. The summed E-state index contributed by atoms with van der Waals surface area (Å²) in [5, 5.41) is 0.966. The van der Waals surface area contributed by atoms with E-state index in [0.29, 0.717) is 33.0 Å². The Kier molecular flexibility index (Phi) is 15.1. The van der Waals surface area contributed by atoms with Gasteiger partial charge in [0.05, 0.1) is 13.2 Å². The average Bonchev–Trinajstić information content (AvgIpc) is 2.66. The van der Waals surface area contributed by atoms with Crippen LogP contribution in [0.1, 0.15) is 47.5 Å². The zero-order valence-corrected chi connectivity index (χ0v) is 18.6. The van der Waals surface area contributed by atoms with Crippen molar-refractivity contribution in [1.82, 2.24) is 4.98 Å². The first-order chi connectivity index (χ1) is 13.4. The summed E-state index contributed by atoms with van der Waals surface area (Å²) in [5.74, 6) is -0.551. The van der Waals surface area contributed by atoms with Crippen LogP contribution in [0.4, 0.5) is 0 Å². The van der Waals surface area contributed by atoms with Gasteiger partial charge < -0.3 is 22.8 Å². The molecular weight excluding hydrogens is 382 g/mol. The molecule has 1 heterocycles. The predicted molar refractivity (Wildman–Crippen MR) is 107 cm³/mol. The number of esters is 2. The molecule has 0 N–H and O–H groups in total. The maximum Gasteiger partial charge on any atom is 0.537 e. The van der Waals surface area contributed by atoms with Gasteiger partial charge in [0.15, 0.2) is 0 Å². The van der Waals surface area contributed by atoms with E-state index in [9.17, 15) is 9.59 Å². The third-order valence-electron chi connectivity index (χ3n) is 3.19. The molecule has 0 spiro atoms. The fourth-order valence-electron chi connectivity index (χ4n) is 2.14. The second-order valence-electron chi connectivity index (χ2n) is 5.48.